The number of nitrogens with two attached hydrogens (primary N) is 1. The molecule has 0 aliphatic carbocycles. The molecule has 0 spiro atoms. The molecule has 2 aromatic heterocycles. The fourth-order valence-electron chi connectivity index (χ4n) is 3.52. The number of carbonyl (C=O) groups is 2. The molecule has 15 nitrogen and oxygen atoms in total. The topological polar surface area (TPSA) is 213 Å². The number of ether oxygens (including phenoxy) is 1. The Morgan fingerprint density at radius 1 is 1.17 bits per heavy atom. The van der Waals surface area contributed by atoms with Crippen LogP contribution in [0.5, 0.6) is 0 Å². The van der Waals surface area contributed by atoms with E-state index in [2.05, 4.69) is 25.6 Å². The predicted octanol–water partition coefficient (Wildman–Crippen LogP) is -0.736. The number of aliphatic hydroxyl groups is 2. The van der Waals surface area contributed by atoms with Crippen LogP contribution in [0.3, 0.4) is 0 Å². The van der Waals surface area contributed by atoms with E-state index in [1.54, 1.807) is 13.8 Å². The third kappa shape index (κ3) is 6.31. The van der Waals surface area contributed by atoms with E-state index in [0.717, 1.165) is 0 Å². The smallest absolute Gasteiger partial charge is 0.349 e. The van der Waals surface area contributed by atoms with E-state index in [1.165, 1.54) is 17.2 Å². The van der Waals surface area contributed by atoms with Crippen LogP contribution in [0.15, 0.2) is 12.7 Å². The number of anilines is 1. The third-order valence-corrected chi connectivity index (χ3v) is 7.01. The van der Waals surface area contributed by atoms with E-state index in [4.69, 9.17) is 19.5 Å². The summed E-state index contributed by atoms with van der Waals surface area (Å²) in [5.74, 6) is -0.909. The molecule has 35 heavy (non-hydrogen) atoms. The number of hydrogen-bond donors (Lipinski definition) is 5. The van der Waals surface area contributed by atoms with Gasteiger partial charge in [0.15, 0.2) is 23.8 Å². The van der Waals surface area contributed by atoms with Crippen molar-refractivity contribution in [3.8, 4) is 0 Å². The molecule has 1 aliphatic heterocycles. The number of hydrogen-bond acceptors (Lipinski definition) is 12. The molecule has 1 aliphatic rings. The van der Waals surface area contributed by atoms with Gasteiger partial charge in [0.2, 0.25) is 5.91 Å². The summed E-state index contributed by atoms with van der Waals surface area (Å²) in [6.07, 6.45) is -2.82. The SMILES string of the molecule is CCOP(=O)(CNC(=O)CCCNC(=O)[C@H]1O[C@@H](n2cnc3c(N)ncnc32)[C@H](O)[C@@H]1O)OCC. The van der Waals surface area contributed by atoms with Crippen molar-refractivity contribution >= 4 is 36.4 Å². The lowest BCUT2D eigenvalue weighted by molar-refractivity contribution is -0.137. The van der Waals surface area contributed by atoms with E-state index < -0.39 is 38.0 Å². The molecule has 3 heterocycles. The minimum absolute atomic E-state index is 0.0417. The monoisotopic (exact) mass is 515 g/mol. The summed E-state index contributed by atoms with van der Waals surface area (Å²) in [6.45, 7) is 3.81. The minimum Gasteiger partial charge on any atom is -0.387 e. The summed E-state index contributed by atoms with van der Waals surface area (Å²) in [6, 6.07) is 0. The molecule has 2 aromatic rings. The molecular weight excluding hydrogens is 485 g/mol. The molecule has 4 atom stereocenters. The molecule has 3 rings (SSSR count). The van der Waals surface area contributed by atoms with Crippen molar-refractivity contribution < 1.29 is 38.2 Å². The van der Waals surface area contributed by atoms with E-state index >= 15 is 0 Å². The second-order valence-corrected chi connectivity index (χ2v) is 9.66. The predicted molar refractivity (Wildman–Crippen MR) is 122 cm³/mol. The van der Waals surface area contributed by atoms with Gasteiger partial charge in [-0.1, -0.05) is 0 Å². The van der Waals surface area contributed by atoms with E-state index in [9.17, 15) is 24.4 Å². The first kappa shape index (κ1) is 26.9. The first-order valence-corrected chi connectivity index (χ1v) is 12.8. The molecule has 6 N–H and O–H groups in total. The summed E-state index contributed by atoms with van der Waals surface area (Å²) in [7, 11) is -3.39. The average Bonchev–Trinajstić information content (AvgIpc) is 3.38. The van der Waals surface area contributed by atoms with Crippen molar-refractivity contribution in [2.45, 2.75) is 51.2 Å². The van der Waals surface area contributed by atoms with Gasteiger partial charge in [-0.2, -0.15) is 0 Å². The number of imidazole rings is 1. The Hall–Kier alpha value is -2.68. The van der Waals surface area contributed by atoms with Gasteiger partial charge in [0.1, 0.15) is 30.3 Å². The fraction of sp³-hybridized carbons (Fsp3) is 0.632. The van der Waals surface area contributed by atoms with Crippen molar-refractivity contribution in [1.29, 1.82) is 0 Å². The van der Waals surface area contributed by atoms with Crippen molar-refractivity contribution in [2.24, 2.45) is 0 Å². The highest BCUT2D eigenvalue weighted by atomic mass is 31.2. The maximum atomic E-state index is 12.5. The van der Waals surface area contributed by atoms with Gasteiger partial charge in [-0.05, 0) is 20.3 Å². The molecule has 2 amide bonds. The van der Waals surface area contributed by atoms with Crippen LogP contribution >= 0.6 is 7.60 Å². The van der Waals surface area contributed by atoms with Gasteiger partial charge >= 0.3 is 7.60 Å². The third-order valence-electron chi connectivity index (χ3n) is 5.16. The Morgan fingerprint density at radius 2 is 1.89 bits per heavy atom. The zero-order chi connectivity index (χ0) is 25.6. The molecular formula is C19H30N7O8P. The summed E-state index contributed by atoms with van der Waals surface area (Å²) >= 11 is 0. The zero-order valence-electron chi connectivity index (χ0n) is 19.4. The van der Waals surface area contributed by atoms with Crippen molar-refractivity contribution in [1.82, 2.24) is 30.2 Å². The molecule has 16 heteroatoms. The number of rotatable bonds is 12. The second-order valence-electron chi connectivity index (χ2n) is 7.61. The normalized spacial score (nSPS) is 22.4. The molecule has 1 saturated heterocycles. The van der Waals surface area contributed by atoms with Crippen LogP contribution in [-0.2, 0) is 27.9 Å². The summed E-state index contributed by atoms with van der Waals surface area (Å²) in [5.41, 5.74) is 6.33. The summed E-state index contributed by atoms with van der Waals surface area (Å²) < 4.78 is 29.5. The number of fused-ring (bicyclic) bond motifs is 1. The van der Waals surface area contributed by atoms with Gasteiger partial charge in [0.05, 0.1) is 19.5 Å². The average molecular weight is 515 g/mol. The molecule has 0 aromatic carbocycles. The highest BCUT2D eigenvalue weighted by Gasteiger charge is 2.47. The number of nitrogens with one attached hydrogen (secondary N) is 2. The highest BCUT2D eigenvalue weighted by Crippen LogP contribution is 2.46. The lowest BCUT2D eigenvalue weighted by atomic mass is 10.1. The Labute approximate surface area is 200 Å². The largest absolute Gasteiger partial charge is 0.387 e. The van der Waals surface area contributed by atoms with Gasteiger partial charge in [-0.15, -0.1) is 0 Å². The van der Waals surface area contributed by atoms with Crippen LogP contribution in [0.4, 0.5) is 5.82 Å². The number of carbonyl (C=O) groups excluding carboxylic acids is 2. The Balaban J connectivity index is 1.47. The molecule has 1 fully saturated rings. The Morgan fingerprint density at radius 3 is 2.57 bits per heavy atom. The van der Waals surface area contributed by atoms with Crippen LogP contribution in [0, 0.1) is 0 Å². The first-order chi connectivity index (χ1) is 16.7. The number of nitrogens with zero attached hydrogens (tertiary/aromatic N) is 4. The fourth-order valence-corrected chi connectivity index (χ4v) is 4.93. The van der Waals surface area contributed by atoms with Gasteiger partial charge in [0, 0.05) is 13.0 Å². The van der Waals surface area contributed by atoms with Gasteiger partial charge in [-0.25, -0.2) is 15.0 Å². The lowest BCUT2D eigenvalue weighted by Gasteiger charge is -2.17. The Bertz CT molecular complexity index is 1070. The van der Waals surface area contributed by atoms with Crippen molar-refractivity contribution in [3.05, 3.63) is 12.7 Å². The highest BCUT2D eigenvalue weighted by molar-refractivity contribution is 7.53. The lowest BCUT2D eigenvalue weighted by Crippen LogP contribution is -2.43. The van der Waals surface area contributed by atoms with Gasteiger partial charge < -0.3 is 40.4 Å². The van der Waals surface area contributed by atoms with E-state index in [1.807, 2.05) is 0 Å². The number of amides is 2. The van der Waals surface area contributed by atoms with E-state index in [0.29, 0.717) is 5.52 Å². The number of aliphatic hydroxyl groups excluding tert-OH is 2. The van der Waals surface area contributed by atoms with Crippen LogP contribution < -0.4 is 16.4 Å². The van der Waals surface area contributed by atoms with Crippen LogP contribution in [0.1, 0.15) is 32.9 Å². The second kappa shape index (κ2) is 11.8. The molecule has 0 unspecified atom stereocenters. The Kier molecular flexibility index (Phi) is 9.10. The van der Waals surface area contributed by atoms with Gasteiger partial charge in [-0.3, -0.25) is 18.7 Å². The van der Waals surface area contributed by atoms with Crippen LogP contribution in [-0.4, -0.2) is 85.9 Å². The van der Waals surface area contributed by atoms with Gasteiger partial charge in [0.25, 0.3) is 5.91 Å². The molecule has 0 radical (unpaired) electrons. The van der Waals surface area contributed by atoms with Crippen molar-refractivity contribution in [3.63, 3.8) is 0 Å². The number of nitrogen functional groups attached to an aromatic ring is 1. The first-order valence-electron chi connectivity index (χ1n) is 11.1. The number of aromatic nitrogens is 4. The zero-order valence-corrected chi connectivity index (χ0v) is 20.3. The maximum absolute atomic E-state index is 12.5. The van der Waals surface area contributed by atoms with E-state index in [-0.39, 0.29) is 56.3 Å². The quantitative estimate of drug-likeness (QED) is 0.175. The molecule has 194 valence electrons. The minimum atomic E-state index is -3.39. The maximum Gasteiger partial charge on any atom is 0.349 e. The molecule has 0 bridgehead atoms. The summed E-state index contributed by atoms with van der Waals surface area (Å²) in [4.78, 5) is 36.5. The van der Waals surface area contributed by atoms with Crippen LogP contribution in [0.25, 0.3) is 11.2 Å². The summed E-state index contributed by atoms with van der Waals surface area (Å²) in [5, 5.41) is 25.9. The van der Waals surface area contributed by atoms with Crippen LogP contribution in [0.2, 0.25) is 0 Å². The van der Waals surface area contributed by atoms with Crippen molar-refractivity contribution in [2.75, 3.05) is 31.8 Å². The standard InChI is InChI=1S/C19H30N7O8P/c1-3-32-35(31,33-4-2)10-25-11(27)6-5-7-21-18(30)15-13(28)14(29)19(34-15)26-9-24-12-16(20)22-8-23-17(12)26/h8-9,13-15,19,28-29H,3-7,10H2,1-2H3,(H,21,30)(H,25,27)(H2,20,22,23)/t13-,14+,15-,19+/m0/s1. The molecule has 0 saturated carbocycles.